The molecule has 0 aromatic heterocycles. The van der Waals surface area contributed by atoms with Gasteiger partial charge >= 0.3 is 59.1 Å². The summed E-state index contributed by atoms with van der Waals surface area (Å²) in [6.07, 6.45) is 0. The summed E-state index contributed by atoms with van der Waals surface area (Å²) in [6.45, 7) is 0. The van der Waals surface area contributed by atoms with Gasteiger partial charge in [0.25, 0.3) is 20.2 Å². The molecule has 0 heterocycles. The van der Waals surface area contributed by atoms with Crippen molar-refractivity contribution in [2.75, 3.05) is 11.5 Å². The summed E-state index contributed by atoms with van der Waals surface area (Å²) in [5.74, 6) is -6.31. The zero-order valence-corrected chi connectivity index (χ0v) is 15.0. The number of hydrogen-bond donors (Lipinski definition) is 2. The van der Waals surface area contributed by atoms with Crippen molar-refractivity contribution in [1.82, 2.24) is 0 Å². The van der Waals surface area contributed by atoms with E-state index in [1.807, 2.05) is 0 Å². The Morgan fingerprint density at radius 3 is 0.944 bits per heavy atom. The average molecular weight is 324 g/mol. The smallest absolute Gasteiger partial charge is 0.549 e. The Labute approximate surface area is 147 Å². The minimum absolute atomic E-state index is 0. The van der Waals surface area contributed by atoms with Crippen LogP contribution < -0.4 is 69.3 Å². The van der Waals surface area contributed by atoms with Crippen molar-refractivity contribution in [1.29, 1.82) is 0 Å². The molecule has 0 saturated carbocycles. The van der Waals surface area contributed by atoms with Crippen LogP contribution in [-0.2, 0) is 29.8 Å². The number of carbonyl (C=O) groups is 2. The average Bonchev–Trinajstić information content (AvgIpc) is 1.72. The first-order valence-corrected chi connectivity index (χ1v) is 6.35. The molecule has 0 spiro atoms. The molecular formula is C4H6Na2O10S2. The summed E-state index contributed by atoms with van der Waals surface area (Å²) >= 11 is 0. The van der Waals surface area contributed by atoms with Crippen LogP contribution in [0.4, 0.5) is 0 Å². The molecule has 0 aliphatic rings. The quantitative estimate of drug-likeness (QED) is 0.371. The molecular weight excluding hydrogens is 318 g/mol. The van der Waals surface area contributed by atoms with Gasteiger partial charge in [-0.15, -0.1) is 0 Å². The fourth-order valence-corrected chi connectivity index (χ4v) is 0.894. The van der Waals surface area contributed by atoms with Gasteiger partial charge < -0.3 is 19.8 Å². The third-order valence-corrected chi connectivity index (χ3v) is 1.80. The number of hydrogen-bond acceptors (Lipinski definition) is 8. The second-order valence-corrected chi connectivity index (χ2v) is 5.10. The van der Waals surface area contributed by atoms with Gasteiger partial charge in [0.15, 0.2) is 0 Å². The van der Waals surface area contributed by atoms with Crippen molar-refractivity contribution in [3.63, 3.8) is 0 Å². The maximum absolute atomic E-state index is 9.58. The van der Waals surface area contributed by atoms with E-state index in [0.29, 0.717) is 0 Å². The topological polar surface area (TPSA) is 189 Å². The van der Waals surface area contributed by atoms with E-state index in [1.165, 1.54) is 0 Å². The molecule has 10 nitrogen and oxygen atoms in total. The molecule has 2 N–H and O–H groups in total. The molecule has 0 saturated heterocycles. The zero-order valence-electron chi connectivity index (χ0n) is 9.39. The summed E-state index contributed by atoms with van der Waals surface area (Å²) in [5.41, 5.74) is 0. The van der Waals surface area contributed by atoms with Crippen molar-refractivity contribution < 1.29 is 105 Å². The minimum Gasteiger partial charge on any atom is -0.549 e. The van der Waals surface area contributed by atoms with Gasteiger partial charge in [-0.1, -0.05) is 0 Å². The molecule has 0 fully saturated rings. The SMILES string of the molecule is O=C([O-])CS(=O)(=O)O.O=C([O-])CS(=O)(=O)O.[Na+].[Na+]. The van der Waals surface area contributed by atoms with Crippen molar-refractivity contribution >= 4 is 32.2 Å². The molecule has 0 aliphatic carbocycles. The second-order valence-electron chi connectivity index (χ2n) is 2.20. The fraction of sp³-hybridized carbons (Fsp3) is 0.500. The normalized spacial score (nSPS) is 9.89. The van der Waals surface area contributed by atoms with Crippen LogP contribution >= 0.6 is 0 Å². The Bertz CT molecular complexity index is 406. The molecule has 0 bridgehead atoms. The molecule has 0 unspecified atom stereocenters. The van der Waals surface area contributed by atoms with E-state index in [2.05, 4.69) is 0 Å². The van der Waals surface area contributed by atoms with Crippen molar-refractivity contribution in [3.05, 3.63) is 0 Å². The van der Waals surface area contributed by atoms with Crippen molar-refractivity contribution in [2.24, 2.45) is 0 Å². The van der Waals surface area contributed by atoms with E-state index in [9.17, 15) is 36.6 Å². The molecule has 0 amide bonds. The van der Waals surface area contributed by atoms with E-state index in [0.717, 1.165) is 0 Å². The Hall–Kier alpha value is 0.760. The second kappa shape index (κ2) is 11.6. The first kappa shape index (κ1) is 27.2. The Kier molecular flexibility index (Phi) is 17.5. The van der Waals surface area contributed by atoms with Gasteiger partial charge in [0.05, 0.1) is 11.9 Å². The number of aliphatic carboxylic acids is 2. The maximum atomic E-state index is 9.58. The zero-order chi connectivity index (χ0) is 13.6. The van der Waals surface area contributed by atoms with E-state index < -0.39 is 43.7 Å². The van der Waals surface area contributed by atoms with Crippen LogP contribution in [0.1, 0.15) is 0 Å². The first-order chi connectivity index (χ1) is 6.83. The van der Waals surface area contributed by atoms with Crippen molar-refractivity contribution in [3.8, 4) is 0 Å². The van der Waals surface area contributed by atoms with Crippen LogP contribution in [0.3, 0.4) is 0 Å². The molecule has 0 aromatic rings. The maximum Gasteiger partial charge on any atom is 1.00 e. The van der Waals surface area contributed by atoms with E-state index >= 15 is 0 Å². The van der Waals surface area contributed by atoms with E-state index in [4.69, 9.17) is 9.11 Å². The monoisotopic (exact) mass is 324 g/mol. The van der Waals surface area contributed by atoms with Gasteiger partial charge in [0, 0.05) is 0 Å². The molecule has 0 rings (SSSR count). The molecule has 18 heavy (non-hydrogen) atoms. The summed E-state index contributed by atoms with van der Waals surface area (Å²) in [4.78, 5) is 18.7. The van der Waals surface area contributed by atoms with Crippen LogP contribution in [-0.4, -0.2) is 49.4 Å². The third kappa shape index (κ3) is 36.0. The van der Waals surface area contributed by atoms with Crippen LogP contribution in [0.2, 0.25) is 0 Å². The summed E-state index contributed by atoms with van der Waals surface area (Å²) < 4.78 is 53.8. The number of rotatable bonds is 4. The Balaban J connectivity index is -0.0000000980. The van der Waals surface area contributed by atoms with Crippen LogP contribution in [0.5, 0.6) is 0 Å². The number of carboxylic acid groups (broad SMARTS) is 2. The minimum atomic E-state index is -4.39. The van der Waals surface area contributed by atoms with Gasteiger partial charge in [0.1, 0.15) is 11.5 Å². The van der Waals surface area contributed by atoms with Crippen molar-refractivity contribution in [2.45, 2.75) is 0 Å². The Morgan fingerprint density at radius 2 is 0.944 bits per heavy atom. The van der Waals surface area contributed by atoms with E-state index in [1.54, 1.807) is 0 Å². The summed E-state index contributed by atoms with van der Waals surface area (Å²) in [6, 6.07) is 0. The van der Waals surface area contributed by atoms with Gasteiger partial charge in [-0.2, -0.15) is 16.8 Å². The summed E-state index contributed by atoms with van der Waals surface area (Å²) in [7, 11) is -8.77. The molecule has 0 aromatic carbocycles. The van der Waals surface area contributed by atoms with Crippen LogP contribution in [0.25, 0.3) is 0 Å². The standard InChI is InChI=1S/2C2H4O5S.2Na/c2*3-2(4)1-8(5,6)7;;/h2*1H2,(H,3,4)(H,5,6,7);;/q;;2*+1/p-2. The Morgan fingerprint density at radius 1 is 0.778 bits per heavy atom. The molecule has 14 heteroatoms. The van der Waals surface area contributed by atoms with Gasteiger partial charge in [0.2, 0.25) is 0 Å². The summed E-state index contributed by atoms with van der Waals surface area (Å²) in [5, 5.41) is 18.7. The number of carbonyl (C=O) groups excluding carboxylic acids is 2. The van der Waals surface area contributed by atoms with Crippen LogP contribution in [0.15, 0.2) is 0 Å². The van der Waals surface area contributed by atoms with Crippen LogP contribution in [0, 0.1) is 0 Å². The molecule has 0 aliphatic heterocycles. The molecule has 0 radical (unpaired) electrons. The van der Waals surface area contributed by atoms with Gasteiger partial charge in [-0.3, -0.25) is 9.11 Å². The fourth-order valence-electron chi connectivity index (χ4n) is 0.298. The first-order valence-electron chi connectivity index (χ1n) is 3.13. The van der Waals surface area contributed by atoms with E-state index in [-0.39, 0.29) is 59.1 Å². The molecule has 96 valence electrons. The predicted molar refractivity (Wildman–Crippen MR) is 42.8 cm³/mol. The van der Waals surface area contributed by atoms with Gasteiger partial charge in [-0.05, 0) is 0 Å². The number of carboxylic acids is 2. The largest absolute Gasteiger partial charge is 1.00 e. The van der Waals surface area contributed by atoms with Gasteiger partial charge in [-0.25, -0.2) is 0 Å². The predicted octanol–water partition coefficient (Wildman–Crippen LogP) is -10.7. The third-order valence-electron chi connectivity index (χ3n) is 0.601. The molecule has 0 atom stereocenters.